The maximum Gasteiger partial charge on any atom is 0.225 e. The molecule has 2 aromatic rings. The number of aromatic nitrogens is 3. The molecule has 0 saturated carbocycles. The molecule has 17 heavy (non-hydrogen) atoms. The molecule has 0 amide bonds. The van der Waals surface area contributed by atoms with Crippen LogP contribution in [0.5, 0.6) is 0 Å². The Morgan fingerprint density at radius 2 is 2.12 bits per heavy atom. The second-order valence-corrected chi connectivity index (χ2v) is 5.66. The number of anilines is 1. The number of halogens is 1. The third kappa shape index (κ3) is 2.48. The molecule has 0 fully saturated rings. The van der Waals surface area contributed by atoms with Gasteiger partial charge in [-0.05, 0) is 0 Å². The van der Waals surface area contributed by atoms with E-state index in [-0.39, 0.29) is 0 Å². The minimum Gasteiger partial charge on any atom is -0.334 e. The third-order valence-electron chi connectivity index (χ3n) is 2.06. The number of hydrazine groups is 1. The fourth-order valence-corrected chi connectivity index (χ4v) is 2.00. The normalized spacial score (nSPS) is 11.9. The lowest BCUT2D eigenvalue weighted by Crippen LogP contribution is -2.28. The van der Waals surface area contributed by atoms with Gasteiger partial charge in [0, 0.05) is 13.2 Å². The molecular formula is C8H10ClN5O2S. The van der Waals surface area contributed by atoms with E-state index >= 15 is 0 Å². The van der Waals surface area contributed by atoms with Gasteiger partial charge in [0.15, 0.2) is 5.82 Å². The number of nitrogens with one attached hydrogen (secondary N) is 2. The fraction of sp³-hybridized carbons (Fsp3) is 0.250. The predicted molar refractivity (Wildman–Crippen MR) is 65.1 cm³/mol. The first-order valence-corrected chi connectivity index (χ1v) is 6.84. The Hall–Kier alpha value is -1.38. The highest BCUT2D eigenvalue weighted by atomic mass is 35.5. The van der Waals surface area contributed by atoms with Gasteiger partial charge in [0.1, 0.15) is 12.0 Å². The Bertz CT molecular complexity index is 666. The molecule has 0 unspecified atom stereocenters. The van der Waals surface area contributed by atoms with Gasteiger partial charge in [-0.2, -0.15) is 0 Å². The van der Waals surface area contributed by atoms with E-state index in [0.29, 0.717) is 21.9 Å². The maximum atomic E-state index is 11.0. The summed E-state index contributed by atoms with van der Waals surface area (Å²) in [6.45, 7) is 0. The van der Waals surface area contributed by atoms with Crippen LogP contribution in [0.25, 0.3) is 11.0 Å². The van der Waals surface area contributed by atoms with Crippen molar-refractivity contribution in [3.05, 3.63) is 17.5 Å². The van der Waals surface area contributed by atoms with Crippen LogP contribution in [0.15, 0.2) is 12.5 Å². The van der Waals surface area contributed by atoms with E-state index in [4.69, 9.17) is 11.6 Å². The number of rotatable bonds is 3. The average molecular weight is 276 g/mol. The Morgan fingerprint density at radius 3 is 2.76 bits per heavy atom. The van der Waals surface area contributed by atoms with E-state index in [0.717, 1.165) is 6.26 Å². The van der Waals surface area contributed by atoms with E-state index < -0.39 is 10.0 Å². The molecule has 2 aromatic heterocycles. The van der Waals surface area contributed by atoms with Crippen LogP contribution in [0, 0.1) is 0 Å². The first-order valence-electron chi connectivity index (χ1n) is 4.57. The van der Waals surface area contributed by atoms with Gasteiger partial charge < -0.3 is 4.57 Å². The zero-order chi connectivity index (χ0) is 12.6. The van der Waals surface area contributed by atoms with E-state index in [9.17, 15) is 8.42 Å². The van der Waals surface area contributed by atoms with Crippen LogP contribution in [-0.4, -0.2) is 29.2 Å². The summed E-state index contributed by atoms with van der Waals surface area (Å²) in [5, 5.41) is 1.01. The van der Waals surface area contributed by atoms with Crippen molar-refractivity contribution in [2.24, 2.45) is 7.05 Å². The van der Waals surface area contributed by atoms with Crippen molar-refractivity contribution in [2.45, 2.75) is 0 Å². The van der Waals surface area contributed by atoms with Crippen LogP contribution in [0.1, 0.15) is 0 Å². The molecule has 0 aromatic carbocycles. The zero-order valence-electron chi connectivity index (χ0n) is 9.10. The molecule has 0 aliphatic rings. The van der Waals surface area contributed by atoms with Crippen molar-refractivity contribution in [3.63, 3.8) is 0 Å². The predicted octanol–water partition coefficient (Wildman–Crippen LogP) is 0.498. The Morgan fingerprint density at radius 1 is 1.41 bits per heavy atom. The second kappa shape index (κ2) is 4.13. The molecule has 0 spiro atoms. The molecule has 2 heterocycles. The van der Waals surface area contributed by atoms with Gasteiger partial charge in [-0.3, -0.25) is 5.43 Å². The Kier molecular flexibility index (Phi) is 2.94. The van der Waals surface area contributed by atoms with E-state index in [1.807, 2.05) is 0 Å². The van der Waals surface area contributed by atoms with Crippen molar-refractivity contribution < 1.29 is 8.42 Å². The minimum absolute atomic E-state index is 0.311. The van der Waals surface area contributed by atoms with Gasteiger partial charge in [0.05, 0.1) is 16.7 Å². The molecule has 0 atom stereocenters. The number of fused-ring (bicyclic) bond motifs is 1. The molecule has 9 heteroatoms. The highest BCUT2D eigenvalue weighted by Crippen LogP contribution is 2.28. The van der Waals surface area contributed by atoms with E-state index in [1.165, 1.54) is 6.33 Å². The fourth-order valence-electron chi connectivity index (χ4n) is 1.40. The highest BCUT2D eigenvalue weighted by Gasteiger charge is 2.12. The van der Waals surface area contributed by atoms with Gasteiger partial charge >= 0.3 is 0 Å². The molecule has 2 N–H and O–H groups in total. The number of hydrogen-bond acceptors (Lipinski definition) is 5. The summed E-state index contributed by atoms with van der Waals surface area (Å²) in [4.78, 5) is 10.1. The largest absolute Gasteiger partial charge is 0.334 e. The number of hydrogen-bond donors (Lipinski definition) is 2. The molecule has 0 radical (unpaired) electrons. The lowest BCUT2D eigenvalue weighted by atomic mass is 10.4. The quantitative estimate of drug-likeness (QED) is 0.796. The summed E-state index contributed by atoms with van der Waals surface area (Å²) in [7, 11) is -1.58. The van der Waals surface area contributed by atoms with Gasteiger partial charge in [-0.15, -0.1) is 4.83 Å². The highest BCUT2D eigenvalue weighted by molar-refractivity contribution is 7.88. The standard InChI is InChI=1S/C8H10ClN5O2S/c1-14-3-5(9)6-7(10-4-11-8(6)14)12-13-17(2,15)16/h3-4,13H,1-2H3,(H,10,11,12). The second-order valence-electron chi connectivity index (χ2n) is 3.51. The van der Waals surface area contributed by atoms with E-state index in [1.54, 1.807) is 17.8 Å². The summed E-state index contributed by atoms with van der Waals surface area (Å²) in [6.07, 6.45) is 4.03. The SMILES string of the molecule is Cn1cc(Cl)c2c(NNS(C)(=O)=O)ncnc21. The summed E-state index contributed by atoms with van der Waals surface area (Å²) < 4.78 is 23.7. The van der Waals surface area contributed by atoms with Crippen LogP contribution in [0.2, 0.25) is 5.02 Å². The first kappa shape index (κ1) is 12.1. The van der Waals surface area contributed by atoms with E-state index in [2.05, 4.69) is 20.2 Å². The van der Waals surface area contributed by atoms with Crippen molar-refractivity contribution in [2.75, 3.05) is 11.7 Å². The average Bonchev–Trinajstić information content (AvgIpc) is 2.52. The van der Waals surface area contributed by atoms with Crippen molar-refractivity contribution in [3.8, 4) is 0 Å². The first-order chi connectivity index (χ1) is 7.88. The van der Waals surface area contributed by atoms with Crippen molar-refractivity contribution in [1.29, 1.82) is 0 Å². The van der Waals surface area contributed by atoms with Crippen LogP contribution < -0.4 is 10.3 Å². The maximum absolute atomic E-state index is 11.0. The lowest BCUT2D eigenvalue weighted by Gasteiger charge is -2.06. The number of aryl methyl sites for hydroxylation is 1. The summed E-state index contributed by atoms with van der Waals surface area (Å²) in [5.41, 5.74) is 3.11. The van der Waals surface area contributed by atoms with Gasteiger partial charge in [0.25, 0.3) is 0 Å². The topological polar surface area (TPSA) is 88.9 Å². The minimum atomic E-state index is -3.37. The van der Waals surface area contributed by atoms with Crippen molar-refractivity contribution in [1.82, 2.24) is 19.4 Å². The molecule has 92 valence electrons. The monoisotopic (exact) mass is 275 g/mol. The lowest BCUT2D eigenvalue weighted by molar-refractivity contribution is 0.593. The van der Waals surface area contributed by atoms with Crippen LogP contribution >= 0.6 is 11.6 Å². The molecule has 0 saturated heterocycles. The molecule has 2 rings (SSSR count). The van der Waals surface area contributed by atoms with Gasteiger partial charge in [0.2, 0.25) is 10.0 Å². The number of sulfonamides is 1. The smallest absolute Gasteiger partial charge is 0.225 e. The van der Waals surface area contributed by atoms with Crippen molar-refractivity contribution >= 4 is 38.5 Å². The summed E-state index contributed by atoms with van der Waals surface area (Å²) >= 11 is 6.01. The third-order valence-corrected chi connectivity index (χ3v) is 2.82. The Labute approximate surface area is 103 Å². The Balaban J connectivity index is 2.47. The zero-order valence-corrected chi connectivity index (χ0v) is 10.7. The summed E-state index contributed by atoms with van der Waals surface area (Å²) in [5.74, 6) is 0.311. The van der Waals surface area contributed by atoms with Gasteiger partial charge in [-0.25, -0.2) is 18.4 Å². The molecular weight excluding hydrogens is 266 g/mol. The van der Waals surface area contributed by atoms with Crippen LogP contribution in [-0.2, 0) is 17.1 Å². The number of nitrogens with zero attached hydrogens (tertiary/aromatic N) is 3. The summed E-state index contributed by atoms with van der Waals surface area (Å²) in [6, 6.07) is 0. The molecule has 0 aliphatic carbocycles. The molecule has 0 bridgehead atoms. The van der Waals surface area contributed by atoms with Crippen LogP contribution in [0.4, 0.5) is 5.82 Å². The molecule has 0 aliphatic heterocycles. The van der Waals surface area contributed by atoms with Gasteiger partial charge in [-0.1, -0.05) is 11.6 Å². The molecule has 7 nitrogen and oxygen atoms in total. The van der Waals surface area contributed by atoms with Crippen LogP contribution in [0.3, 0.4) is 0 Å².